The average Bonchev–Trinajstić information content (AvgIpc) is 2.91. The highest BCUT2D eigenvalue weighted by Gasteiger charge is 2.05. The zero-order valence-electron chi connectivity index (χ0n) is 10.2. The third-order valence-electron chi connectivity index (χ3n) is 2.20. The minimum Gasteiger partial charge on any atom is -0.481 e. The highest BCUT2D eigenvalue weighted by molar-refractivity contribution is 7.09. The first kappa shape index (κ1) is 12.6. The Hall–Kier alpha value is -1.89. The van der Waals surface area contributed by atoms with Crippen molar-refractivity contribution in [3.63, 3.8) is 0 Å². The molecule has 0 spiro atoms. The van der Waals surface area contributed by atoms with Crippen LogP contribution in [0, 0.1) is 0 Å². The molecule has 0 saturated carbocycles. The van der Waals surface area contributed by atoms with Gasteiger partial charge in [0, 0.05) is 24.5 Å². The van der Waals surface area contributed by atoms with Crippen LogP contribution in [-0.2, 0) is 6.42 Å². The lowest BCUT2D eigenvalue weighted by Crippen LogP contribution is -2.09. The first-order valence-electron chi connectivity index (χ1n) is 5.41. The van der Waals surface area contributed by atoms with Gasteiger partial charge in [-0.05, 0) is 0 Å². The number of aromatic nitrogens is 3. The Bertz CT molecular complexity index is 468. The summed E-state index contributed by atoms with van der Waals surface area (Å²) in [7, 11) is 3.11. The second-order valence-corrected chi connectivity index (χ2v) is 4.36. The van der Waals surface area contributed by atoms with Crippen molar-refractivity contribution in [3.8, 4) is 11.8 Å². The molecule has 0 atom stereocenters. The van der Waals surface area contributed by atoms with E-state index < -0.39 is 0 Å². The maximum atomic E-state index is 5.07. The number of nitrogens with one attached hydrogen (secondary N) is 1. The van der Waals surface area contributed by atoms with Crippen LogP contribution in [0.2, 0.25) is 0 Å². The first-order valence-corrected chi connectivity index (χ1v) is 6.29. The average molecular weight is 266 g/mol. The van der Waals surface area contributed by atoms with Gasteiger partial charge in [0.05, 0.1) is 25.3 Å². The van der Waals surface area contributed by atoms with E-state index in [0.29, 0.717) is 24.3 Å². The van der Waals surface area contributed by atoms with E-state index in [-0.39, 0.29) is 0 Å². The van der Waals surface area contributed by atoms with E-state index in [1.165, 1.54) is 0 Å². The maximum Gasteiger partial charge on any atom is 0.229 e. The predicted octanol–water partition coefficient (Wildman–Crippen LogP) is 1.60. The molecule has 0 unspecified atom stereocenters. The molecular formula is C11H14N4O2S. The van der Waals surface area contributed by atoms with E-state index in [1.54, 1.807) is 37.8 Å². The van der Waals surface area contributed by atoms with Gasteiger partial charge in [-0.15, -0.1) is 11.3 Å². The summed E-state index contributed by atoms with van der Waals surface area (Å²) in [6, 6.07) is 1.63. The Morgan fingerprint density at radius 1 is 1.22 bits per heavy atom. The SMILES string of the molecule is COc1cc(OC)nc(NCCc2nccs2)n1. The van der Waals surface area contributed by atoms with E-state index in [4.69, 9.17) is 9.47 Å². The van der Waals surface area contributed by atoms with Gasteiger partial charge in [-0.3, -0.25) is 0 Å². The van der Waals surface area contributed by atoms with E-state index in [0.717, 1.165) is 11.4 Å². The summed E-state index contributed by atoms with van der Waals surface area (Å²) in [6.45, 7) is 0.712. The van der Waals surface area contributed by atoms with Gasteiger partial charge in [0.1, 0.15) is 0 Å². The van der Waals surface area contributed by atoms with Gasteiger partial charge in [0.25, 0.3) is 0 Å². The third kappa shape index (κ3) is 3.30. The second-order valence-electron chi connectivity index (χ2n) is 3.38. The molecular weight excluding hydrogens is 252 g/mol. The molecule has 0 aliphatic carbocycles. The van der Waals surface area contributed by atoms with Crippen LogP contribution in [0.5, 0.6) is 11.8 Å². The van der Waals surface area contributed by atoms with E-state index >= 15 is 0 Å². The molecule has 1 N–H and O–H groups in total. The maximum absolute atomic E-state index is 5.07. The minimum absolute atomic E-state index is 0.471. The Morgan fingerprint density at radius 3 is 2.50 bits per heavy atom. The normalized spacial score (nSPS) is 10.1. The Kier molecular flexibility index (Phi) is 4.30. The van der Waals surface area contributed by atoms with Crippen LogP contribution >= 0.6 is 11.3 Å². The molecule has 0 aromatic carbocycles. The van der Waals surface area contributed by atoms with Crippen LogP contribution in [0.3, 0.4) is 0 Å². The lowest BCUT2D eigenvalue weighted by Gasteiger charge is -2.07. The van der Waals surface area contributed by atoms with Crippen molar-refractivity contribution < 1.29 is 9.47 Å². The number of ether oxygens (including phenoxy) is 2. The molecule has 0 aliphatic rings. The summed E-state index contributed by atoms with van der Waals surface area (Å²) in [5, 5.41) is 6.16. The van der Waals surface area contributed by atoms with Gasteiger partial charge in [-0.25, -0.2) is 4.98 Å². The molecule has 0 fully saturated rings. The highest BCUT2D eigenvalue weighted by Crippen LogP contribution is 2.17. The summed E-state index contributed by atoms with van der Waals surface area (Å²) in [5.41, 5.74) is 0. The van der Waals surface area contributed by atoms with Crippen LogP contribution in [0.4, 0.5) is 5.95 Å². The number of nitrogens with zero attached hydrogens (tertiary/aromatic N) is 3. The van der Waals surface area contributed by atoms with Crippen molar-refractivity contribution in [2.24, 2.45) is 0 Å². The van der Waals surface area contributed by atoms with Crippen molar-refractivity contribution in [1.82, 2.24) is 15.0 Å². The summed E-state index contributed by atoms with van der Waals surface area (Å²) in [5.74, 6) is 1.43. The van der Waals surface area contributed by atoms with Crippen LogP contribution in [0.15, 0.2) is 17.6 Å². The lowest BCUT2D eigenvalue weighted by molar-refractivity contribution is 0.373. The zero-order chi connectivity index (χ0) is 12.8. The Balaban J connectivity index is 1.95. The molecule has 18 heavy (non-hydrogen) atoms. The summed E-state index contributed by atoms with van der Waals surface area (Å²) in [4.78, 5) is 12.6. The Labute approximate surface area is 109 Å². The number of thiazole rings is 1. The molecule has 0 bridgehead atoms. The monoisotopic (exact) mass is 266 g/mol. The molecule has 0 aliphatic heterocycles. The molecule has 6 nitrogen and oxygen atoms in total. The van der Waals surface area contributed by atoms with Crippen LogP contribution in [0.1, 0.15) is 5.01 Å². The standard InChI is InChI=1S/C11H14N4O2S/c1-16-8-7-9(17-2)15-11(14-8)13-4-3-10-12-5-6-18-10/h5-7H,3-4H2,1-2H3,(H,13,14,15). The largest absolute Gasteiger partial charge is 0.481 e. The third-order valence-corrected chi connectivity index (χ3v) is 3.04. The van der Waals surface area contributed by atoms with Gasteiger partial charge in [-0.1, -0.05) is 0 Å². The number of rotatable bonds is 6. The lowest BCUT2D eigenvalue weighted by atomic mass is 10.4. The zero-order valence-corrected chi connectivity index (χ0v) is 11.0. The minimum atomic E-state index is 0.471. The fraction of sp³-hybridized carbons (Fsp3) is 0.364. The van der Waals surface area contributed by atoms with E-state index in [1.807, 2.05) is 5.38 Å². The molecule has 0 saturated heterocycles. The quantitative estimate of drug-likeness (QED) is 0.856. The fourth-order valence-corrected chi connectivity index (χ4v) is 1.97. The Morgan fingerprint density at radius 2 is 1.94 bits per heavy atom. The first-order chi connectivity index (χ1) is 8.81. The van der Waals surface area contributed by atoms with Crippen molar-refractivity contribution >= 4 is 17.3 Å². The molecule has 0 radical (unpaired) electrons. The molecule has 0 amide bonds. The topological polar surface area (TPSA) is 69.2 Å². The number of anilines is 1. The number of hydrogen-bond donors (Lipinski definition) is 1. The predicted molar refractivity (Wildman–Crippen MR) is 69.4 cm³/mol. The van der Waals surface area contributed by atoms with Crippen LogP contribution in [-0.4, -0.2) is 35.7 Å². The summed E-state index contributed by atoms with van der Waals surface area (Å²) >= 11 is 1.63. The molecule has 2 heterocycles. The number of hydrogen-bond acceptors (Lipinski definition) is 7. The van der Waals surface area contributed by atoms with Gasteiger partial charge >= 0.3 is 0 Å². The van der Waals surface area contributed by atoms with E-state index in [2.05, 4.69) is 20.3 Å². The van der Waals surface area contributed by atoms with Gasteiger partial charge in [-0.2, -0.15) is 9.97 Å². The molecule has 2 rings (SSSR count). The van der Waals surface area contributed by atoms with Crippen molar-refractivity contribution in [3.05, 3.63) is 22.7 Å². The second kappa shape index (κ2) is 6.15. The molecule has 96 valence electrons. The summed E-state index contributed by atoms with van der Waals surface area (Å²) in [6.07, 6.45) is 2.63. The van der Waals surface area contributed by atoms with Crippen molar-refractivity contribution in [2.75, 3.05) is 26.1 Å². The van der Waals surface area contributed by atoms with Gasteiger partial charge in [0.2, 0.25) is 17.7 Å². The highest BCUT2D eigenvalue weighted by atomic mass is 32.1. The van der Waals surface area contributed by atoms with Crippen molar-refractivity contribution in [2.45, 2.75) is 6.42 Å². The van der Waals surface area contributed by atoms with Crippen LogP contribution < -0.4 is 14.8 Å². The van der Waals surface area contributed by atoms with Crippen LogP contribution in [0.25, 0.3) is 0 Å². The van der Waals surface area contributed by atoms with Gasteiger partial charge in [0.15, 0.2) is 0 Å². The van der Waals surface area contributed by atoms with Crippen molar-refractivity contribution in [1.29, 1.82) is 0 Å². The smallest absolute Gasteiger partial charge is 0.229 e. The fourth-order valence-electron chi connectivity index (χ4n) is 1.35. The molecule has 2 aromatic heterocycles. The summed E-state index contributed by atoms with van der Waals surface area (Å²) < 4.78 is 10.1. The number of methoxy groups -OCH3 is 2. The van der Waals surface area contributed by atoms with Gasteiger partial charge < -0.3 is 14.8 Å². The molecule has 7 heteroatoms. The molecule has 2 aromatic rings. The van der Waals surface area contributed by atoms with E-state index in [9.17, 15) is 0 Å².